The number of benzene rings is 1. The van der Waals surface area contributed by atoms with Gasteiger partial charge in [0.25, 0.3) is 0 Å². The van der Waals surface area contributed by atoms with E-state index in [1.54, 1.807) is 17.0 Å². The molecule has 2 fully saturated rings. The zero-order chi connectivity index (χ0) is 23.9. The molecular weight excluding hydrogens is 439 g/mol. The predicted octanol–water partition coefficient (Wildman–Crippen LogP) is 3.85. The Morgan fingerprint density at radius 3 is 2.53 bits per heavy atom. The third kappa shape index (κ3) is 6.15. The number of hydrogen-bond acceptors (Lipinski definition) is 8. The molecule has 1 aliphatic heterocycles. The normalized spacial score (nSPS) is 18.9. The quantitative estimate of drug-likeness (QED) is 0.426. The number of ether oxygens (including phenoxy) is 1. The summed E-state index contributed by atoms with van der Waals surface area (Å²) in [6, 6.07) is 4.43. The maximum absolute atomic E-state index is 14.2. The average molecular weight is 473 g/mol. The Labute approximate surface area is 198 Å². The number of nitrogens with two attached hydrogens (primary N) is 1. The van der Waals surface area contributed by atoms with Crippen LogP contribution < -0.4 is 26.4 Å². The molecule has 2 aromatic rings. The van der Waals surface area contributed by atoms with Crippen molar-refractivity contribution in [1.29, 1.82) is 0 Å². The minimum Gasteiger partial charge on any atom is -0.494 e. The van der Waals surface area contributed by atoms with Gasteiger partial charge in [0.15, 0.2) is 11.6 Å². The first kappa shape index (κ1) is 23.8. The van der Waals surface area contributed by atoms with E-state index in [0.717, 1.165) is 25.7 Å². The number of halogens is 1. The van der Waals surface area contributed by atoms with Crippen molar-refractivity contribution in [2.45, 2.75) is 63.5 Å². The number of urea groups is 1. The Morgan fingerprint density at radius 2 is 1.82 bits per heavy atom. The van der Waals surface area contributed by atoms with Crippen molar-refractivity contribution < 1.29 is 13.9 Å². The van der Waals surface area contributed by atoms with Gasteiger partial charge in [-0.05, 0) is 37.8 Å². The number of methoxy groups -OCH3 is 1. The van der Waals surface area contributed by atoms with E-state index in [9.17, 15) is 9.18 Å². The van der Waals surface area contributed by atoms with Crippen LogP contribution in [0.4, 0.5) is 32.7 Å². The van der Waals surface area contributed by atoms with Crippen LogP contribution in [0.25, 0.3) is 0 Å². The number of carbonyl (C=O) groups excluding carboxylic acids is 1. The second-order valence-electron chi connectivity index (χ2n) is 8.82. The molecule has 4 rings (SSSR count). The van der Waals surface area contributed by atoms with Gasteiger partial charge in [-0.2, -0.15) is 15.0 Å². The highest BCUT2D eigenvalue weighted by Gasteiger charge is 2.27. The lowest BCUT2D eigenvalue weighted by Crippen LogP contribution is -2.42. The molecule has 34 heavy (non-hydrogen) atoms. The Balaban J connectivity index is 1.52. The Kier molecular flexibility index (Phi) is 7.81. The van der Waals surface area contributed by atoms with Crippen molar-refractivity contribution in [3.63, 3.8) is 0 Å². The summed E-state index contributed by atoms with van der Waals surface area (Å²) in [6.07, 6.45) is 8.75. The number of primary amides is 1. The zero-order valence-electron chi connectivity index (χ0n) is 19.5. The molecule has 1 saturated carbocycles. The molecule has 1 aliphatic carbocycles. The van der Waals surface area contributed by atoms with E-state index in [4.69, 9.17) is 10.5 Å². The van der Waals surface area contributed by atoms with Crippen molar-refractivity contribution >= 4 is 29.6 Å². The highest BCUT2D eigenvalue weighted by atomic mass is 19.1. The summed E-state index contributed by atoms with van der Waals surface area (Å²) >= 11 is 0. The van der Waals surface area contributed by atoms with Crippen molar-refractivity contribution in [2.24, 2.45) is 5.73 Å². The lowest BCUT2D eigenvalue weighted by Gasteiger charge is -2.23. The molecule has 0 bridgehead atoms. The van der Waals surface area contributed by atoms with Crippen LogP contribution in [0, 0.1) is 5.82 Å². The smallest absolute Gasteiger partial charge is 0.315 e. The largest absolute Gasteiger partial charge is 0.494 e. The molecular formula is C23H33FN8O2. The minimum absolute atomic E-state index is 0.0142. The van der Waals surface area contributed by atoms with E-state index in [1.807, 2.05) is 0 Å². The second kappa shape index (κ2) is 11.2. The van der Waals surface area contributed by atoms with Crippen LogP contribution >= 0.6 is 0 Å². The van der Waals surface area contributed by atoms with Crippen LogP contribution in [0.5, 0.6) is 5.75 Å². The van der Waals surface area contributed by atoms with E-state index in [1.165, 1.54) is 38.9 Å². The van der Waals surface area contributed by atoms with Crippen LogP contribution in [0.15, 0.2) is 18.2 Å². The summed E-state index contributed by atoms with van der Waals surface area (Å²) in [5.74, 6) is 0.800. The summed E-state index contributed by atoms with van der Waals surface area (Å²) < 4.78 is 19.2. The first-order valence-corrected chi connectivity index (χ1v) is 11.9. The summed E-state index contributed by atoms with van der Waals surface area (Å²) in [5.41, 5.74) is 5.99. The first-order chi connectivity index (χ1) is 16.5. The SMILES string of the molecule is COc1ccc(Nc2nc(NCC3CCCN3C(N)=O)nc(NC3CCCCCC3)n2)cc1F. The molecule has 1 aromatic carbocycles. The topological polar surface area (TPSA) is 130 Å². The molecule has 10 nitrogen and oxygen atoms in total. The molecule has 0 spiro atoms. The lowest BCUT2D eigenvalue weighted by atomic mass is 10.1. The van der Waals surface area contributed by atoms with E-state index < -0.39 is 11.8 Å². The average Bonchev–Trinajstić information content (AvgIpc) is 3.15. The first-order valence-electron chi connectivity index (χ1n) is 11.9. The van der Waals surface area contributed by atoms with Crippen LogP contribution in [-0.2, 0) is 0 Å². The highest BCUT2D eigenvalue weighted by molar-refractivity contribution is 5.72. The maximum Gasteiger partial charge on any atom is 0.315 e. The van der Waals surface area contributed by atoms with Gasteiger partial charge in [-0.1, -0.05) is 25.7 Å². The van der Waals surface area contributed by atoms with E-state index in [2.05, 4.69) is 30.9 Å². The molecule has 1 atom stereocenters. The zero-order valence-corrected chi connectivity index (χ0v) is 19.5. The number of aromatic nitrogens is 3. The Morgan fingerprint density at radius 1 is 1.09 bits per heavy atom. The van der Waals surface area contributed by atoms with E-state index in [-0.39, 0.29) is 17.7 Å². The van der Waals surface area contributed by atoms with Crippen molar-refractivity contribution in [3.05, 3.63) is 24.0 Å². The van der Waals surface area contributed by atoms with Crippen LogP contribution in [0.1, 0.15) is 51.4 Å². The molecule has 11 heteroatoms. The fourth-order valence-corrected chi connectivity index (χ4v) is 4.60. The fourth-order valence-electron chi connectivity index (χ4n) is 4.60. The van der Waals surface area contributed by atoms with Gasteiger partial charge in [0.05, 0.1) is 13.2 Å². The van der Waals surface area contributed by atoms with Crippen LogP contribution in [-0.4, -0.2) is 58.2 Å². The van der Waals surface area contributed by atoms with Gasteiger partial charge in [-0.3, -0.25) is 0 Å². The molecule has 1 unspecified atom stereocenters. The van der Waals surface area contributed by atoms with Crippen molar-refractivity contribution in [2.75, 3.05) is 36.1 Å². The molecule has 184 valence electrons. The van der Waals surface area contributed by atoms with E-state index >= 15 is 0 Å². The lowest BCUT2D eigenvalue weighted by molar-refractivity contribution is 0.204. The summed E-state index contributed by atoms with van der Waals surface area (Å²) in [5, 5.41) is 9.74. The molecule has 2 heterocycles. The number of amides is 2. The Bertz CT molecular complexity index is 983. The number of likely N-dealkylation sites (tertiary alicyclic amines) is 1. The molecule has 2 aliphatic rings. The molecule has 2 amide bonds. The molecule has 1 aromatic heterocycles. The third-order valence-corrected chi connectivity index (χ3v) is 6.39. The second-order valence-corrected chi connectivity index (χ2v) is 8.82. The number of nitrogens with zero attached hydrogens (tertiary/aromatic N) is 4. The third-order valence-electron chi connectivity index (χ3n) is 6.39. The minimum atomic E-state index is -0.482. The van der Waals surface area contributed by atoms with Gasteiger partial charge in [0.1, 0.15) is 0 Å². The summed E-state index contributed by atoms with van der Waals surface area (Å²) in [7, 11) is 1.42. The summed E-state index contributed by atoms with van der Waals surface area (Å²) in [6.45, 7) is 1.13. The number of carbonyl (C=O) groups is 1. The number of nitrogens with one attached hydrogen (secondary N) is 3. The van der Waals surface area contributed by atoms with E-state index in [0.29, 0.717) is 36.7 Å². The number of anilines is 4. The van der Waals surface area contributed by atoms with Gasteiger partial charge in [0.2, 0.25) is 17.8 Å². The highest BCUT2D eigenvalue weighted by Crippen LogP contribution is 2.25. The Hall–Kier alpha value is -3.37. The van der Waals surface area contributed by atoms with Gasteiger partial charge < -0.3 is 31.3 Å². The summed E-state index contributed by atoms with van der Waals surface area (Å²) in [4.78, 5) is 26.9. The van der Waals surface area contributed by atoms with Gasteiger partial charge in [-0.15, -0.1) is 0 Å². The van der Waals surface area contributed by atoms with Gasteiger partial charge in [-0.25, -0.2) is 9.18 Å². The number of rotatable bonds is 8. The fraction of sp³-hybridized carbons (Fsp3) is 0.565. The van der Waals surface area contributed by atoms with Crippen molar-refractivity contribution in [3.8, 4) is 5.75 Å². The predicted molar refractivity (Wildman–Crippen MR) is 129 cm³/mol. The van der Waals surface area contributed by atoms with Crippen LogP contribution in [0.3, 0.4) is 0 Å². The van der Waals surface area contributed by atoms with Crippen molar-refractivity contribution in [1.82, 2.24) is 19.9 Å². The molecule has 0 radical (unpaired) electrons. The molecule has 5 N–H and O–H groups in total. The van der Waals surface area contributed by atoms with Gasteiger partial charge in [0, 0.05) is 30.9 Å². The number of hydrogen-bond donors (Lipinski definition) is 4. The maximum atomic E-state index is 14.2. The monoisotopic (exact) mass is 472 g/mol. The van der Waals surface area contributed by atoms with Gasteiger partial charge >= 0.3 is 6.03 Å². The standard InChI is InChI=1S/C23H33FN8O2/c1-34-19-11-10-16(13-18(19)24)28-23-30-21(26-14-17-9-6-12-32(17)20(25)33)29-22(31-23)27-15-7-4-2-3-5-8-15/h10-11,13,15,17H,2-9,12,14H2,1H3,(H2,25,33)(H3,26,27,28,29,30,31). The molecule has 1 saturated heterocycles. The van der Waals surface area contributed by atoms with Crippen LogP contribution in [0.2, 0.25) is 0 Å².